The minimum absolute atomic E-state index is 0.0776. The molecule has 3 rings (SSSR count). The molecule has 2 heterocycles. The van der Waals surface area contributed by atoms with Gasteiger partial charge in [0.15, 0.2) is 0 Å². The predicted molar refractivity (Wildman–Crippen MR) is 120 cm³/mol. The molecule has 7 heteroatoms. The predicted octanol–water partition coefficient (Wildman–Crippen LogP) is 2.92. The molecular formula is C23H37N3O3S. The van der Waals surface area contributed by atoms with Gasteiger partial charge in [-0.25, -0.2) is 8.42 Å². The molecule has 30 heavy (non-hydrogen) atoms. The van der Waals surface area contributed by atoms with Gasteiger partial charge in [-0.2, -0.15) is 4.31 Å². The number of sulfonamides is 1. The fourth-order valence-electron chi connectivity index (χ4n) is 4.96. The van der Waals surface area contributed by atoms with Crippen LogP contribution in [0.3, 0.4) is 0 Å². The molecule has 1 unspecified atom stereocenters. The highest BCUT2D eigenvalue weighted by Gasteiger charge is 2.34. The highest BCUT2D eigenvalue weighted by atomic mass is 32.2. The van der Waals surface area contributed by atoms with E-state index in [-0.39, 0.29) is 11.8 Å². The molecular weight excluding hydrogens is 398 g/mol. The second kappa shape index (κ2) is 9.37. The van der Waals surface area contributed by atoms with Crippen LogP contribution in [0.25, 0.3) is 0 Å². The molecule has 1 N–H and O–H groups in total. The number of amides is 1. The van der Waals surface area contributed by atoms with Gasteiger partial charge in [0.05, 0.1) is 4.90 Å². The van der Waals surface area contributed by atoms with Crippen LogP contribution in [0.15, 0.2) is 11.0 Å². The van der Waals surface area contributed by atoms with Crippen molar-refractivity contribution in [2.24, 2.45) is 5.92 Å². The maximum absolute atomic E-state index is 13.4. The molecule has 2 saturated heterocycles. The van der Waals surface area contributed by atoms with Crippen LogP contribution in [-0.2, 0) is 14.8 Å². The first-order chi connectivity index (χ1) is 14.2. The Kier molecular flexibility index (Phi) is 7.25. The molecule has 1 aromatic carbocycles. The second-order valence-corrected chi connectivity index (χ2v) is 10.8. The normalized spacial score (nSPS) is 21.8. The highest BCUT2D eigenvalue weighted by Crippen LogP contribution is 2.31. The lowest BCUT2D eigenvalue weighted by atomic mass is 9.97. The smallest absolute Gasteiger partial charge is 0.243 e. The van der Waals surface area contributed by atoms with Crippen LogP contribution in [0.1, 0.15) is 54.9 Å². The van der Waals surface area contributed by atoms with Gasteiger partial charge in [0, 0.05) is 31.6 Å². The van der Waals surface area contributed by atoms with E-state index in [1.54, 1.807) is 4.31 Å². The molecule has 0 aliphatic carbocycles. The zero-order valence-electron chi connectivity index (χ0n) is 19.1. The molecule has 1 atom stereocenters. The first-order valence-corrected chi connectivity index (χ1v) is 12.7. The molecule has 2 fully saturated rings. The van der Waals surface area contributed by atoms with Gasteiger partial charge in [-0.15, -0.1) is 0 Å². The van der Waals surface area contributed by atoms with Gasteiger partial charge in [-0.3, -0.25) is 9.69 Å². The summed E-state index contributed by atoms with van der Waals surface area (Å²) in [4.78, 5) is 15.5. The number of likely N-dealkylation sites (tertiary alicyclic amines) is 1. The third kappa shape index (κ3) is 4.58. The molecule has 1 amide bonds. The zero-order chi connectivity index (χ0) is 22.1. The number of hydrogen-bond acceptors (Lipinski definition) is 4. The van der Waals surface area contributed by atoms with Gasteiger partial charge in [-0.05, 0) is 88.7 Å². The third-order valence-corrected chi connectivity index (χ3v) is 9.31. The summed E-state index contributed by atoms with van der Waals surface area (Å²) in [5, 5.41) is 3.13. The van der Waals surface area contributed by atoms with Crippen LogP contribution < -0.4 is 5.32 Å². The van der Waals surface area contributed by atoms with E-state index < -0.39 is 10.0 Å². The van der Waals surface area contributed by atoms with Crippen molar-refractivity contribution in [2.45, 2.75) is 71.2 Å². The first kappa shape index (κ1) is 23.2. The average molecular weight is 436 g/mol. The summed E-state index contributed by atoms with van der Waals surface area (Å²) < 4.78 is 28.4. The Balaban J connectivity index is 1.62. The molecule has 0 radical (unpaired) electrons. The highest BCUT2D eigenvalue weighted by molar-refractivity contribution is 7.89. The molecule has 6 nitrogen and oxygen atoms in total. The summed E-state index contributed by atoms with van der Waals surface area (Å²) in [6.45, 7) is 13.5. The van der Waals surface area contributed by atoms with E-state index in [1.807, 2.05) is 33.8 Å². The van der Waals surface area contributed by atoms with Crippen molar-refractivity contribution in [1.29, 1.82) is 0 Å². The summed E-state index contributed by atoms with van der Waals surface area (Å²) in [7, 11) is -3.56. The monoisotopic (exact) mass is 435 g/mol. The van der Waals surface area contributed by atoms with Gasteiger partial charge in [0.25, 0.3) is 0 Å². The number of aryl methyl sites for hydroxylation is 2. The number of nitrogens with one attached hydrogen (secondary N) is 1. The van der Waals surface area contributed by atoms with Crippen LogP contribution in [-0.4, -0.2) is 62.3 Å². The van der Waals surface area contributed by atoms with Gasteiger partial charge < -0.3 is 5.32 Å². The van der Waals surface area contributed by atoms with E-state index >= 15 is 0 Å². The molecule has 168 valence electrons. The molecule has 0 spiro atoms. The molecule has 0 aromatic heterocycles. The van der Waals surface area contributed by atoms with Crippen molar-refractivity contribution in [3.8, 4) is 0 Å². The molecule has 0 bridgehead atoms. The van der Waals surface area contributed by atoms with Crippen LogP contribution in [0, 0.1) is 33.6 Å². The zero-order valence-corrected chi connectivity index (χ0v) is 19.9. The maximum atomic E-state index is 13.4. The lowest BCUT2D eigenvalue weighted by Crippen LogP contribution is -2.46. The van der Waals surface area contributed by atoms with E-state index in [4.69, 9.17) is 0 Å². The fraction of sp³-hybridized carbons (Fsp3) is 0.696. The van der Waals surface area contributed by atoms with Crippen LogP contribution in [0.2, 0.25) is 0 Å². The molecule has 2 aliphatic heterocycles. The average Bonchev–Trinajstić information content (AvgIpc) is 3.18. The first-order valence-electron chi connectivity index (χ1n) is 11.3. The SMILES string of the molecule is CCN1CCCC1CNC(=O)C1CCN(S(=O)(=O)c2c(C)c(C)cc(C)c2C)CC1. The summed E-state index contributed by atoms with van der Waals surface area (Å²) >= 11 is 0. The van der Waals surface area contributed by atoms with Gasteiger partial charge >= 0.3 is 0 Å². The van der Waals surface area contributed by atoms with Crippen LogP contribution >= 0.6 is 0 Å². The number of hydrogen-bond donors (Lipinski definition) is 1. The Labute approximate surface area is 182 Å². The Morgan fingerprint density at radius 2 is 1.63 bits per heavy atom. The Hall–Kier alpha value is -1.44. The Bertz CT molecular complexity index is 863. The maximum Gasteiger partial charge on any atom is 0.243 e. The van der Waals surface area contributed by atoms with Crippen molar-refractivity contribution < 1.29 is 13.2 Å². The lowest BCUT2D eigenvalue weighted by molar-refractivity contribution is -0.126. The van der Waals surface area contributed by atoms with Crippen molar-refractivity contribution in [1.82, 2.24) is 14.5 Å². The second-order valence-electron chi connectivity index (χ2n) is 8.94. The number of piperidine rings is 1. The summed E-state index contributed by atoms with van der Waals surface area (Å²) in [6.07, 6.45) is 3.49. The minimum Gasteiger partial charge on any atom is -0.354 e. The topological polar surface area (TPSA) is 69.7 Å². The van der Waals surface area contributed by atoms with Gasteiger partial charge in [0.1, 0.15) is 0 Å². The quantitative estimate of drug-likeness (QED) is 0.746. The van der Waals surface area contributed by atoms with Gasteiger partial charge in [-0.1, -0.05) is 13.0 Å². The van der Waals surface area contributed by atoms with Crippen molar-refractivity contribution in [3.63, 3.8) is 0 Å². The lowest BCUT2D eigenvalue weighted by Gasteiger charge is -2.32. The van der Waals surface area contributed by atoms with Crippen LogP contribution in [0.4, 0.5) is 0 Å². The summed E-state index contributed by atoms with van der Waals surface area (Å²) in [6, 6.07) is 2.49. The van der Waals surface area contributed by atoms with E-state index in [0.717, 1.165) is 41.8 Å². The van der Waals surface area contributed by atoms with Crippen molar-refractivity contribution in [2.75, 3.05) is 32.7 Å². The molecule has 2 aliphatic rings. The van der Waals surface area contributed by atoms with E-state index in [0.29, 0.717) is 43.4 Å². The van der Waals surface area contributed by atoms with Crippen LogP contribution in [0.5, 0.6) is 0 Å². The Morgan fingerprint density at radius 1 is 1.03 bits per heavy atom. The van der Waals surface area contributed by atoms with Gasteiger partial charge in [0.2, 0.25) is 15.9 Å². The van der Waals surface area contributed by atoms with Crippen molar-refractivity contribution >= 4 is 15.9 Å². The van der Waals surface area contributed by atoms with Crippen molar-refractivity contribution in [3.05, 3.63) is 28.3 Å². The number of nitrogens with zero attached hydrogens (tertiary/aromatic N) is 2. The molecule has 0 saturated carbocycles. The minimum atomic E-state index is -3.56. The number of likely N-dealkylation sites (N-methyl/N-ethyl adjacent to an activating group) is 1. The number of carbonyl (C=O) groups excluding carboxylic acids is 1. The van der Waals surface area contributed by atoms with E-state index in [1.165, 1.54) is 6.42 Å². The largest absolute Gasteiger partial charge is 0.354 e. The summed E-state index contributed by atoms with van der Waals surface area (Å²) in [5.41, 5.74) is 3.66. The molecule has 1 aromatic rings. The number of benzene rings is 1. The fourth-order valence-corrected chi connectivity index (χ4v) is 7.01. The standard InChI is InChI=1S/C23H37N3O3S/c1-6-25-11-7-8-21(25)15-24-23(27)20-9-12-26(13-10-20)30(28,29)22-18(4)16(2)14-17(3)19(22)5/h14,20-21H,6-13,15H2,1-5H3,(H,24,27). The Morgan fingerprint density at radius 3 is 2.20 bits per heavy atom. The summed E-state index contributed by atoms with van der Waals surface area (Å²) in [5.74, 6) is -0.0249. The number of rotatable bonds is 6. The van der Waals surface area contributed by atoms with E-state index in [2.05, 4.69) is 17.1 Å². The number of carbonyl (C=O) groups is 1. The third-order valence-electron chi connectivity index (χ3n) is 7.14. The van der Waals surface area contributed by atoms with E-state index in [9.17, 15) is 13.2 Å².